The number of aromatic nitrogens is 1. The zero-order valence-electron chi connectivity index (χ0n) is 8.10. The van der Waals surface area contributed by atoms with Gasteiger partial charge in [0.15, 0.2) is 0 Å². The van der Waals surface area contributed by atoms with E-state index in [1.165, 1.54) is 5.56 Å². The highest BCUT2D eigenvalue weighted by atomic mass is 35.5. The number of aryl methyl sites for hydroxylation is 1. The van der Waals surface area contributed by atoms with Gasteiger partial charge in [-0.2, -0.15) is 0 Å². The van der Waals surface area contributed by atoms with Crippen molar-refractivity contribution >= 4 is 22.5 Å². The maximum atomic E-state index is 6.22. The minimum atomic E-state index is 0.617. The predicted molar refractivity (Wildman–Crippen MR) is 60.8 cm³/mol. The van der Waals surface area contributed by atoms with Crippen LogP contribution in [-0.2, 0) is 6.42 Å². The number of nitrogens with one attached hydrogen (secondary N) is 1. The number of H-pyrrole nitrogens is 1. The van der Waals surface area contributed by atoms with Gasteiger partial charge in [0.05, 0.1) is 10.5 Å². The number of nitrogens with two attached hydrogens (primary N) is 1. The van der Waals surface area contributed by atoms with Gasteiger partial charge in [0.25, 0.3) is 0 Å². The van der Waals surface area contributed by atoms with Crippen LogP contribution in [0.25, 0.3) is 10.9 Å². The molecule has 2 nitrogen and oxygen atoms in total. The number of hydrogen-bond acceptors (Lipinski definition) is 1. The first-order valence-electron chi connectivity index (χ1n) is 4.69. The SMILES string of the molecule is Cc1cccc2c(Cl)c(CCN)[nH]c12. The van der Waals surface area contributed by atoms with E-state index < -0.39 is 0 Å². The van der Waals surface area contributed by atoms with Crippen molar-refractivity contribution in [3.05, 3.63) is 34.5 Å². The molecule has 0 atom stereocenters. The summed E-state index contributed by atoms with van der Waals surface area (Å²) < 4.78 is 0. The summed E-state index contributed by atoms with van der Waals surface area (Å²) in [6.45, 7) is 2.69. The van der Waals surface area contributed by atoms with Crippen LogP contribution in [0, 0.1) is 6.92 Å². The van der Waals surface area contributed by atoms with Crippen LogP contribution in [0.15, 0.2) is 18.2 Å². The van der Waals surface area contributed by atoms with Gasteiger partial charge in [-0.1, -0.05) is 29.8 Å². The molecule has 0 saturated carbocycles. The van der Waals surface area contributed by atoms with E-state index in [2.05, 4.69) is 18.0 Å². The van der Waals surface area contributed by atoms with Gasteiger partial charge in [0, 0.05) is 17.5 Å². The van der Waals surface area contributed by atoms with Gasteiger partial charge in [0.1, 0.15) is 0 Å². The van der Waals surface area contributed by atoms with Crippen LogP contribution in [0.3, 0.4) is 0 Å². The lowest BCUT2D eigenvalue weighted by Crippen LogP contribution is -2.03. The normalized spacial score (nSPS) is 11.1. The zero-order chi connectivity index (χ0) is 10.1. The molecule has 2 aromatic rings. The molecule has 0 radical (unpaired) electrons. The highest BCUT2D eigenvalue weighted by Gasteiger charge is 2.09. The van der Waals surface area contributed by atoms with Crippen LogP contribution in [0.1, 0.15) is 11.3 Å². The van der Waals surface area contributed by atoms with Crippen molar-refractivity contribution in [2.45, 2.75) is 13.3 Å². The maximum absolute atomic E-state index is 6.22. The molecule has 1 aromatic heterocycles. The summed E-state index contributed by atoms with van der Waals surface area (Å²) in [6.07, 6.45) is 0.799. The molecule has 1 aromatic carbocycles. The monoisotopic (exact) mass is 208 g/mol. The fourth-order valence-corrected chi connectivity index (χ4v) is 2.00. The van der Waals surface area contributed by atoms with Crippen LogP contribution < -0.4 is 5.73 Å². The average molecular weight is 209 g/mol. The smallest absolute Gasteiger partial charge is 0.0692 e. The van der Waals surface area contributed by atoms with Crippen molar-refractivity contribution in [1.82, 2.24) is 4.98 Å². The minimum absolute atomic E-state index is 0.617. The molecule has 0 spiro atoms. The predicted octanol–water partition coefficient (Wildman–Crippen LogP) is 2.63. The third-order valence-electron chi connectivity index (χ3n) is 2.44. The second kappa shape index (κ2) is 3.64. The van der Waals surface area contributed by atoms with E-state index >= 15 is 0 Å². The van der Waals surface area contributed by atoms with E-state index in [1.807, 2.05) is 12.1 Å². The second-order valence-electron chi connectivity index (χ2n) is 3.45. The summed E-state index contributed by atoms with van der Waals surface area (Å²) in [4.78, 5) is 3.32. The Morgan fingerprint density at radius 1 is 1.43 bits per heavy atom. The Morgan fingerprint density at radius 2 is 2.21 bits per heavy atom. The van der Waals surface area contributed by atoms with E-state index in [4.69, 9.17) is 17.3 Å². The highest BCUT2D eigenvalue weighted by Crippen LogP contribution is 2.29. The molecule has 0 aliphatic carbocycles. The Kier molecular flexibility index (Phi) is 2.48. The summed E-state index contributed by atoms with van der Waals surface area (Å²) in [5, 5.41) is 1.91. The zero-order valence-corrected chi connectivity index (χ0v) is 8.86. The van der Waals surface area contributed by atoms with Crippen LogP contribution in [0.4, 0.5) is 0 Å². The molecule has 14 heavy (non-hydrogen) atoms. The molecule has 3 heteroatoms. The standard InChI is InChI=1S/C11H13ClN2/c1-7-3-2-4-8-10(12)9(5-6-13)14-11(7)8/h2-4,14H,5-6,13H2,1H3. The lowest BCUT2D eigenvalue weighted by Gasteiger charge is -1.93. The number of halogens is 1. The number of para-hydroxylation sites is 1. The summed E-state index contributed by atoms with van der Waals surface area (Å²) in [5.41, 5.74) is 8.89. The molecule has 0 aliphatic heterocycles. The first kappa shape index (κ1) is 9.56. The summed E-state index contributed by atoms with van der Waals surface area (Å²) in [6, 6.07) is 6.12. The number of benzene rings is 1. The Labute approximate surface area is 88.1 Å². The molecular weight excluding hydrogens is 196 g/mol. The topological polar surface area (TPSA) is 41.8 Å². The first-order valence-corrected chi connectivity index (χ1v) is 5.07. The first-order chi connectivity index (χ1) is 6.74. The summed E-state index contributed by atoms with van der Waals surface area (Å²) in [7, 11) is 0. The quantitative estimate of drug-likeness (QED) is 0.783. The second-order valence-corrected chi connectivity index (χ2v) is 3.83. The van der Waals surface area contributed by atoms with E-state index in [0.717, 1.165) is 28.0 Å². The van der Waals surface area contributed by atoms with Crippen molar-refractivity contribution in [3.63, 3.8) is 0 Å². The Hall–Kier alpha value is -0.990. The van der Waals surface area contributed by atoms with E-state index in [1.54, 1.807) is 0 Å². The summed E-state index contributed by atoms with van der Waals surface area (Å²) in [5.74, 6) is 0. The largest absolute Gasteiger partial charge is 0.357 e. The van der Waals surface area contributed by atoms with Gasteiger partial charge in [-0.3, -0.25) is 0 Å². The Morgan fingerprint density at radius 3 is 2.86 bits per heavy atom. The van der Waals surface area contributed by atoms with Gasteiger partial charge in [-0.15, -0.1) is 0 Å². The molecule has 74 valence electrons. The lowest BCUT2D eigenvalue weighted by atomic mass is 10.2. The molecule has 0 fully saturated rings. The Bertz CT molecular complexity index is 460. The third-order valence-corrected chi connectivity index (χ3v) is 2.88. The minimum Gasteiger partial charge on any atom is -0.357 e. The molecule has 3 N–H and O–H groups in total. The van der Waals surface area contributed by atoms with Gasteiger partial charge in [-0.25, -0.2) is 0 Å². The molecule has 0 bridgehead atoms. The van der Waals surface area contributed by atoms with Gasteiger partial charge in [0.2, 0.25) is 0 Å². The number of hydrogen-bond donors (Lipinski definition) is 2. The maximum Gasteiger partial charge on any atom is 0.0692 e. The fraction of sp³-hybridized carbons (Fsp3) is 0.273. The van der Waals surface area contributed by atoms with E-state index in [0.29, 0.717) is 6.54 Å². The van der Waals surface area contributed by atoms with E-state index in [9.17, 15) is 0 Å². The third kappa shape index (κ3) is 1.41. The van der Waals surface area contributed by atoms with Crippen molar-refractivity contribution in [2.75, 3.05) is 6.54 Å². The number of fused-ring (bicyclic) bond motifs is 1. The van der Waals surface area contributed by atoms with Crippen LogP contribution >= 0.6 is 11.6 Å². The highest BCUT2D eigenvalue weighted by molar-refractivity contribution is 6.36. The summed E-state index contributed by atoms with van der Waals surface area (Å²) >= 11 is 6.22. The Balaban J connectivity index is 2.67. The number of rotatable bonds is 2. The molecular formula is C11H13ClN2. The van der Waals surface area contributed by atoms with Gasteiger partial charge in [-0.05, 0) is 19.0 Å². The van der Waals surface area contributed by atoms with Crippen molar-refractivity contribution in [1.29, 1.82) is 0 Å². The van der Waals surface area contributed by atoms with Crippen molar-refractivity contribution in [3.8, 4) is 0 Å². The fourth-order valence-electron chi connectivity index (χ4n) is 1.70. The van der Waals surface area contributed by atoms with Gasteiger partial charge < -0.3 is 10.7 Å². The molecule has 0 aliphatic rings. The van der Waals surface area contributed by atoms with Crippen LogP contribution in [-0.4, -0.2) is 11.5 Å². The molecule has 2 rings (SSSR count). The number of aromatic amines is 1. The molecule has 1 heterocycles. The average Bonchev–Trinajstić information content (AvgIpc) is 2.48. The molecule has 0 amide bonds. The van der Waals surface area contributed by atoms with Crippen molar-refractivity contribution in [2.24, 2.45) is 5.73 Å². The van der Waals surface area contributed by atoms with Crippen LogP contribution in [0.2, 0.25) is 5.02 Å². The van der Waals surface area contributed by atoms with E-state index in [-0.39, 0.29) is 0 Å². The molecule has 0 saturated heterocycles. The van der Waals surface area contributed by atoms with Crippen LogP contribution in [0.5, 0.6) is 0 Å². The lowest BCUT2D eigenvalue weighted by molar-refractivity contribution is 0.939. The molecule has 0 unspecified atom stereocenters. The van der Waals surface area contributed by atoms with Gasteiger partial charge >= 0.3 is 0 Å². The van der Waals surface area contributed by atoms with Crippen molar-refractivity contribution < 1.29 is 0 Å².